The molecule has 0 saturated carbocycles. The fourth-order valence-corrected chi connectivity index (χ4v) is 2.28. The number of amides is 1. The van der Waals surface area contributed by atoms with Crippen molar-refractivity contribution in [3.8, 4) is 5.75 Å². The molecule has 1 amide bonds. The van der Waals surface area contributed by atoms with E-state index in [1.54, 1.807) is 44.4 Å². The summed E-state index contributed by atoms with van der Waals surface area (Å²) in [5.74, 6) is -0.343. The van der Waals surface area contributed by atoms with Crippen LogP contribution in [-0.4, -0.2) is 30.6 Å². The molecule has 8 heteroatoms. The molecule has 1 aromatic heterocycles. The smallest absolute Gasteiger partial charge is 0.331 e. The third-order valence-corrected chi connectivity index (χ3v) is 3.91. The maximum absolute atomic E-state index is 11.9. The van der Waals surface area contributed by atoms with E-state index in [2.05, 4.69) is 10.3 Å². The van der Waals surface area contributed by atoms with Crippen LogP contribution in [0, 0.1) is 6.92 Å². The quantitative estimate of drug-likeness (QED) is 0.593. The number of ether oxygens (including phenoxy) is 2. The van der Waals surface area contributed by atoms with Crippen molar-refractivity contribution >= 4 is 47.0 Å². The molecule has 1 N–H and O–H groups in total. The number of carbonyl (C=O) groups is 2. The largest absolute Gasteiger partial charge is 0.497 e. The van der Waals surface area contributed by atoms with Crippen molar-refractivity contribution in [2.75, 3.05) is 19.0 Å². The number of pyridine rings is 1. The fourth-order valence-electron chi connectivity index (χ4n) is 1.88. The number of aromatic nitrogens is 1. The highest BCUT2D eigenvalue weighted by Crippen LogP contribution is 2.25. The van der Waals surface area contributed by atoms with Crippen molar-refractivity contribution in [2.24, 2.45) is 0 Å². The number of halogens is 2. The second-order valence-corrected chi connectivity index (χ2v) is 5.96. The monoisotopic (exact) mass is 394 g/mol. The van der Waals surface area contributed by atoms with Gasteiger partial charge in [-0.15, -0.1) is 0 Å². The van der Waals surface area contributed by atoms with Crippen LogP contribution < -0.4 is 10.1 Å². The SMILES string of the molecule is COc1ccc(/C=C/C(=O)OCC(=O)Nc2nc(C)c(Cl)cc2Cl)cc1. The molecule has 1 heterocycles. The van der Waals surface area contributed by atoms with Crippen LogP contribution in [0.25, 0.3) is 6.08 Å². The summed E-state index contributed by atoms with van der Waals surface area (Å²) in [5, 5.41) is 3.05. The molecule has 0 fully saturated rings. The van der Waals surface area contributed by atoms with Crippen LogP contribution in [-0.2, 0) is 14.3 Å². The van der Waals surface area contributed by atoms with Gasteiger partial charge in [0.25, 0.3) is 5.91 Å². The Balaban J connectivity index is 1.85. The summed E-state index contributed by atoms with van der Waals surface area (Å²) >= 11 is 11.8. The van der Waals surface area contributed by atoms with Gasteiger partial charge in [0.05, 0.1) is 22.8 Å². The van der Waals surface area contributed by atoms with Gasteiger partial charge < -0.3 is 14.8 Å². The van der Waals surface area contributed by atoms with E-state index in [4.69, 9.17) is 32.7 Å². The van der Waals surface area contributed by atoms with Gasteiger partial charge in [-0.1, -0.05) is 35.3 Å². The third-order valence-electron chi connectivity index (χ3n) is 3.24. The Labute approximate surface area is 160 Å². The number of nitrogens with one attached hydrogen (secondary N) is 1. The highest BCUT2D eigenvalue weighted by Gasteiger charge is 2.11. The van der Waals surface area contributed by atoms with Gasteiger partial charge in [-0.2, -0.15) is 0 Å². The summed E-state index contributed by atoms with van der Waals surface area (Å²) in [4.78, 5) is 27.6. The maximum Gasteiger partial charge on any atom is 0.331 e. The number of nitrogens with zero attached hydrogens (tertiary/aromatic N) is 1. The Bertz CT molecular complexity index is 836. The molecule has 0 spiro atoms. The van der Waals surface area contributed by atoms with Gasteiger partial charge in [-0.05, 0) is 36.8 Å². The molecular weight excluding hydrogens is 379 g/mol. The zero-order chi connectivity index (χ0) is 19.1. The molecular formula is C18H16Cl2N2O4. The van der Waals surface area contributed by atoms with E-state index < -0.39 is 18.5 Å². The second-order valence-electron chi connectivity index (χ2n) is 5.15. The zero-order valence-corrected chi connectivity index (χ0v) is 15.6. The first-order chi connectivity index (χ1) is 12.4. The van der Waals surface area contributed by atoms with Crippen molar-refractivity contribution in [2.45, 2.75) is 6.92 Å². The van der Waals surface area contributed by atoms with Crippen LogP contribution in [0.4, 0.5) is 5.82 Å². The molecule has 0 atom stereocenters. The van der Waals surface area contributed by atoms with E-state index in [-0.39, 0.29) is 10.8 Å². The topological polar surface area (TPSA) is 77.5 Å². The maximum atomic E-state index is 11.9. The molecule has 0 aliphatic carbocycles. The van der Waals surface area contributed by atoms with Crippen molar-refractivity contribution in [3.05, 3.63) is 57.7 Å². The number of methoxy groups -OCH3 is 1. The number of carbonyl (C=O) groups excluding carboxylic acids is 2. The number of rotatable bonds is 6. The van der Waals surface area contributed by atoms with E-state index in [1.807, 2.05) is 0 Å². The van der Waals surface area contributed by atoms with Crippen molar-refractivity contribution in [1.29, 1.82) is 0 Å². The predicted octanol–water partition coefficient (Wildman–Crippen LogP) is 3.90. The standard InChI is InChI=1S/C18H16Cl2N2O4/c1-11-14(19)9-15(20)18(21-11)22-16(23)10-26-17(24)8-5-12-3-6-13(25-2)7-4-12/h3-9H,10H2,1-2H3,(H,21,22,23)/b8-5+. The highest BCUT2D eigenvalue weighted by atomic mass is 35.5. The molecule has 136 valence electrons. The lowest BCUT2D eigenvalue weighted by Crippen LogP contribution is -2.21. The van der Waals surface area contributed by atoms with Crippen molar-refractivity contribution in [1.82, 2.24) is 4.98 Å². The number of aryl methyl sites for hydroxylation is 1. The van der Waals surface area contributed by atoms with Gasteiger partial charge in [0.1, 0.15) is 5.75 Å². The lowest BCUT2D eigenvalue weighted by molar-refractivity contribution is -0.142. The van der Waals surface area contributed by atoms with Crippen LogP contribution in [0.2, 0.25) is 10.0 Å². The molecule has 6 nitrogen and oxygen atoms in total. The Morgan fingerprint density at radius 3 is 2.54 bits per heavy atom. The van der Waals surface area contributed by atoms with Crippen LogP contribution in [0.3, 0.4) is 0 Å². The molecule has 2 rings (SSSR count). The number of hydrogen-bond acceptors (Lipinski definition) is 5. The van der Waals surface area contributed by atoms with Gasteiger partial charge >= 0.3 is 5.97 Å². The number of esters is 1. The van der Waals surface area contributed by atoms with Crippen LogP contribution in [0.1, 0.15) is 11.3 Å². The van der Waals surface area contributed by atoms with Gasteiger partial charge in [0.2, 0.25) is 0 Å². The number of hydrogen-bond donors (Lipinski definition) is 1. The normalized spacial score (nSPS) is 10.6. The molecule has 2 aromatic rings. The van der Waals surface area contributed by atoms with E-state index in [1.165, 1.54) is 12.1 Å². The minimum absolute atomic E-state index is 0.156. The summed E-state index contributed by atoms with van der Waals surface area (Å²) in [6, 6.07) is 8.58. The number of anilines is 1. The van der Waals surface area contributed by atoms with E-state index >= 15 is 0 Å². The van der Waals surface area contributed by atoms with E-state index in [9.17, 15) is 9.59 Å². The third kappa shape index (κ3) is 5.75. The van der Waals surface area contributed by atoms with Crippen LogP contribution in [0.15, 0.2) is 36.4 Å². The summed E-state index contributed by atoms with van der Waals surface area (Å²) in [7, 11) is 1.57. The zero-order valence-electron chi connectivity index (χ0n) is 14.1. The molecule has 1 aromatic carbocycles. The Hall–Kier alpha value is -2.57. The minimum Gasteiger partial charge on any atom is -0.497 e. The van der Waals surface area contributed by atoms with Gasteiger partial charge in [-0.3, -0.25) is 4.79 Å². The molecule has 26 heavy (non-hydrogen) atoms. The first kappa shape index (κ1) is 19.8. The molecule has 0 saturated heterocycles. The molecule has 0 bridgehead atoms. The average Bonchev–Trinajstić information content (AvgIpc) is 2.63. The molecule has 0 aliphatic heterocycles. The van der Waals surface area contributed by atoms with Crippen molar-refractivity contribution < 1.29 is 19.1 Å². The van der Waals surface area contributed by atoms with E-state index in [0.29, 0.717) is 16.5 Å². The summed E-state index contributed by atoms with van der Waals surface area (Å²) < 4.78 is 9.93. The number of benzene rings is 1. The first-order valence-electron chi connectivity index (χ1n) is 7.50. The van der Waals surface area contributed by atoms with Gasteiger partial charge in [0.15, 0.2) is 12.4 Å². The molecule has 0 unspecified atom stereocenters. The first-order valence-corrected chi connectivity index (χ1v) is 8.26. The predicted molar refractivity (Wildman–Crippen MR) is 101 cm³/mol. The minimum atomic E-state index is -0.651. The summed E-state index contributed by atoms with van der Waals surface area (Å²) in [5.41, 5.74) is 1.31. The Morgan fingerprint density at radius 1 is 1.19 bits per heavy atom. The second kappa shape index (κ2) is 9.22. The van der Waals surface area contributed by atoms with Gasteiger partial charge in [-0.25, -0.2) is 9.78 Å². The molecule has 0 aliphatic rings. The summed E-state index contributed by atoms with van der Waals surface area (Å²) in [6.07, 6.45) is 2.80. The lowest BCUT2D eigenvalue weighted by atomic mass is 10.2. The summed E-state index contributed by atoms with van der Waals surface area (Å²) in [6.45, 7) is 1.21. The fraction of sp³-hybridized carbons (Fsp3) is 0.167. The van der Waals surface area contributed by atoms with Crippen LogP contribution >= 0.6 is 23.2 Å². The highest BCUT2D eigenvalue weighted by molar-refractivity contribution is 6.36. The average molecular weight is 395 g/mol. The van der Waals surface area contributed by atoms with Crippen molar-refractivity contribution in [3.63, 3.8) is 0 Å². The van der Waals surface area contributed by atoms with E-state index in [0.717, 1.165) is 5.56 Å². The Kier molecular flexibility index (Phi) is 7.00. The lowest BCUT2D eigenvalue weighted by Gasteiger charge is -2.08. The molecule has 0 radical (unpaired) electrons. The van der Waals surface area contributed by atoms with Crippen LogP contribution in [0.5, 0.6) is 5.75 Å². The Morgan fingerprint density at radius 2 is 1.88 bits per heavy atom. The van der Waals surface area contributed by atoms with Gasteiger partial charge in [0, 0.05) is 6.08 Å².